The second-order valence-electron chi connectivity index (χ2n) is 2.51. The molecule has 0 bridgehead atoms. The zero-order valence-electron chi connectivity index (χ0n) is 6.32. The van der Waals surface area contributed by atoms with Crippen molar-refractivity contribution in [1.82, 2.24) is 0 Å². The van der Waals surface area contributed by atoms with Crippen LogP contribution in [0.5, 0.6) is 0 Å². The Morgan fingerprint density at radius 2 is 2.18 bits per heavy atom. The molecule has 1 fully saturated rings. The molecular formula is C8H11NO2. The average Bonchev–Trinajstić information content (AvgIpc) is 2.07. The van der Waals surface area contributed by atoms with E-state index in [1.807, 2.05) is 6.08 Å². The van der Waals surface area contributed by atoms with Gasteiger partial charge in [-0.05, 0) is 18.8 Å². The summed E-state index contributed by atoms with van der Waals surface area (Å²) in [5, 5.41) is 0. The number of nitrogens with zero attached hydrogens (tertiary/aromatic N) is 1. The molecule has 1 heterocycles. The predicted octanol–water partition coefficient (Wildman–Crippen LogP) is 1.26. The predicted molar refractivity (Wildman–Crippen MR) is 40.8 cm³/mol. The lowest BCUT2D eigenvalue weighted by Gasteiger charge is -2.17. The smallest absolute Gasteiger partial charge is 0.239 e. The van der Waals surface area contributed by atoms with E-state index in [9.17, 15) is 4.79 Å². The largest absolute Gasteiger partial charge is 0.381 e. The van der Waals surface area contributed by atoms with Crippen LogP contribution in [0, 0.1) is 5.92 Å². The molecule has 0 atom stereocenters. The average molecular weight is 153 g/mol. The van der Waals surface area contributed by atoms with Crippen molar-refractivity contribution in [1.29, 1.82) is 0 Å². The molecule has 0 amide bonds. The normalized spacial score (nSPS) is 20.0. The van der Waals surface area contributed by atoms with E-state index in [4.69, 9.17) is 4.74 Å². The molecule has 0 N–H and O–H groups in total. The summed E-state index contributed by atoms with van der Waals surface area (Å²) in [6.07, 6.45) is 6.98. The van der Waals surface area contributed by atoms with Crippen LogP contribution in [0.25, 0.3) is 0 Å². The first-order chi connectivity index (χ1) is 5.43. The second kappa shape index (κ2) is 4.83. The summed E-state index contributed by atoms with van der Waals surface area (Å²) < 4.78 is 5.16. The lowest BCUT2D eigenvalue weighted by Crippen LogP contribution is -2.13. The van der Waals surface area contributed by atoms with Gasteiger partial charge in [-0.25, -0.2) is 4.79 Å². The number of rotatable bonds is 2. The zero-order valence-corrected chi connectivity index (χ0v) is 6.32. The molecule has 0 aromatic heterocycles. The standard InChI is InChI=1S/C8H11NO2/c10-7-9-4-1-8-2-5-11-6-3-8/h1,4,8H,2-3,5-6H2/b4-1+. The van der Waals surface area contributed by atoms with E-state index < -0.39 is 0 Å². The minimum absolute atomic E-state index is 0.529. The molecule has 1 aliphatic rings. The van der Waals surface area contributed by atoms with Crippen LogP contribution < -0.4 is 0 Å². The summed E-state index contributed by atoms with van der Waals surface area (Å²) in [6, 6.07) is 0. The van der Waals surface area contributed by atoms with Gasteiger partial charge in [0.2, 0.25) is 6.08 Å². The third-order valence-electron chi connectivity index (χ3n) is 1.75. The number of hydrogen-bond acceptors (Lipinski definition) is 3. The minimum atomic E-state index is 0.529. The van der Waals surface area contributed by atoms with Gasteiger partial charge in [-0.1, -0.05) is 6.08 Å². The lowest BCUT2D eigenvalue weighted by atomic mass is 10.0. The van der Waals surface area contributed by atoms with Crippen molar-refractivity contribution >= 4 is 6.08 Å². The SMILES string of the molecule is O=C=N/C=C/C1CCOCC1. The molecule has 0 aromatic rings. The van der Waals surface area contributed by atoms with E-state index in [0.717, 1.165) is 26.1 Å². The Hall–Kier alpha value is -0.920. The van der Waals surface area contributed by atoms with Crippen LogP contribution >= 0.6 is 0 Å². The van der Waals surface area contributed by atoms with Crippen LogP contribution in [-0.4, -0.2) is 19.3 Å². The number of allylic oxidation sites excluding steroid dienone is 1. The Morgan fingerprint density at radius 1 is 1.45 bits per heavy atom. The van der Waals surface area contributed by atoms with E-state index in [1.165, 1.54) is 12.3 Å². The van der Waals surface area contributed by atoms with Crippen molar-refractivity contribution in [3.05, 3.63) is 12.3 Å². The van der Waals surface area contributed by atoms with Crippen LogP contribution in [0.1, 0.15) is 12.8 Å². The molecule has 1 aliphatic heterocycles. The highest BCUT2D eigenvalue weighted by molar-refractivity contribution is 5.34. The van der Waals surface area contributed by atoms with E-state index in [0.29, 0.717) is 5.92 Å². The van der Waals surface area contributed by atoms with Crippen LogP contribution in [0.2, 0.25) is 0 Å². The number of carbonyl (C=O) groups excluding carboxylic acids is 1. The van der Waals surface area contributed by atoms with Gasteiger partial charge in [0.05, 0.1) is 0 Å². The summed E-state index contributed by atoms with van der Waals surface area (Å²) in [6.45, 7) is 1.64. The van der Waals surface area contributed by atoms with E-state index in [-0.39, 0.29) is 0 Å². The molecule has 0 unspecified atom stereocenters. The molecule has 3 heteroatoms. The van der Waals surface area contributed by atoms with Gasteiger partial charge in [0.1, 0.15) is 0 Å². The fraction of sp³-hybridized carbons (Fsp3) is 0.625. The highest BCUT2D eigenvalue weighted by atomic mass is 16.5. The molecule has 0 saturated carbocycles. The summed E-state index contributed by atoms with van der Waals surface area (Å²) in [5.41, 5.74) is 0. The van der Waals surface area contributed by atoms with E-state index in [2.05, 4.69) is 4.99 Å². The Bertz CT molecular complexity index is 177. The maximum atomic E-state index is 9.68. The van der Waals surface area contributed by atoms with Crippen LogP contribution in [0.4, 0.5) is 0 Å². The monoisotopic (exact) mass is 153 g/mol. The van der Waals surface area contributed by atoms with Crippen molar-refractivity contribution in [3.63, 3.8) is 0 Å². The number of ether oxygens (including phenoxy) is 1. The molecule has 0 radical (unpaired) electrons. The topological polar surface area (TPSA) is 38.7 Å². The van der Waals surface area contributed by atoms with Crippen molar-refractivity contribution < 1.29 is 9.53 Å². The Morgan fingerprint density at radius 3 is 2.82 bits per heavy atom. The molecule has 0 spiro atoms. The Kier molecular flexibility index (Phi) is 3.59. The van der Waals surface area contributed by atoms with Gasteiger partial charge in [0.25, 0.3) is 0 Å². The van der Waals surface area contributed by atoms with Crippen molar-refractivity contribution in [2.45, 2.75) is 12.8 Å². The van der Waals surface area contributed by atoms with Crippen molar-refractivity contribution in [3.8, 4) is 0 Å². The summed E-state index contributed by atoms with van der Waals surface area (Å²) in [4.78, 5) is 13.0. The van der Waals surface area contributed by atoms with E-state index >= 15 is 0 Å². The van der Waals surface area contributed by atoms with E-state index in [1.54, 1.807) is 0 Å². The first kappa shape index (κ1) is 8.18. The number of isocyanates is 1. The minimum Gasteiger partial charge on any atom is -0.381 e. The van der Waals surface area contributed by atoms with Gasteiger partial charge in [-0.15, -0.1) is 0 Å². The summed E-state index contributed by atoms with van der Waals surface area (Å²) in [5.74, 6) is 0.529. The van der Waals surface area contributed by atoms with Crippen molar-refractivity contribution in [2.24, 2.45) is 10.9 Å². The van der Waals surface area contributed by atoms with Gasteiger partial charge in [-0.2, -0.15) is 4.99 Å². The molecule has 3 nitrogen and oxygen atoms in total. The highest BCUT2D eigenvalue weighted by Crippen LogP contribution is 2.15. The molecular weight excluding hydrogens is 142 g/mol. The lowest BCUT2D eigenvalue weighted by molar-refractivity contribution is 0.0785. The first-order valence-electron chi connectivity index (χ1n) is 3.75. The number of aliphatic imine (C=N–C) groups is 1. The molecule has 0 aliphatic carbocycles. The molecule has 11 heavy (non-hydrogen) atoms. The maximum Gasteiger partial charge on any atom is 0.239 e. The zero-order chi connectivity index (χ0) is 7.94. The highest BCUT2D eigenvalue weighted by Gasteiger charge is 2.09. The molecule has 60 valence electrons. The van der Waals surface area contributed by atoms with Crippen LogP contribution in [0.3, 0.4) is 0 Å². The molecule has 1 rings (SSSR count). The van der Waals surface area contributed by atoms with Gasteiger partial charge >= 0.3 is 0 Å². The third-order valence-corrected chi connectivity index (χ3v) is 1.75. The van der Waals surface area contributed by atoms with Crippen LogP contribution in [0.15, 0.2) is 17.3 Å². The first-order valence-corrected chi connectivity index (χ1v) is 3.75. The summed E-state index contributed by atoms with van der Waals surface area (Å²) in [7, 11) is 0. The Balaban J connectivity index is 2.28. The second-order valence-corrected chi connectivity index (χ2v) is 2.51. The van der Waals surface area contributed by atoms with Gasteiger partial charge in [0, 0.05) is 19.4 Å². The van der Waals surface area contributed by atoms with Crippen LogP contribution in [-0.2, 0) is 9.53 Å². The Labute approximate surface area is 65.8 Å². The maximum absolute atomic E-state index is 9.68. The third kappa shape index (κ3) is 3.12. The molecule has 1 saturated heterocycles. The van der Waals surface area contributed by atoms with Gasteiger partial charge in [0.15, 0.2) is 0 Å². The van der Waals surface area contributed by atoms with Gasteiger partial charge in [-0.3, -0.25) is 0 Å². The fourth-order valence-corrected chi connectivity index (χ4v) is 1.10. The molecule has 0 aromatic carbocycles. The van der Waals surface area contributed by atoms with Gasteiger partial charge < -0.3 is 4.74 Å². The summed E-state index contributed by atoms with van der Waals surface area (Å²) >= 11 is 0. The fourth-order valence-electron chi connectivity index (χ4n) is 1.10. The quantitative estimate of drug-likeness (QED) is 0.442. The number of hydrogen-bond donors (Lipinski definition) is 0. The van der Waals surface area contributed by atoms with Crippen molar-refractivity contribution in [2.75, 3.05) is 13.2 Å².